The molecule has 1 N–H and O–H groups in total. The quantitative estimate of drug-likeness (QED) is 0.571. The molecule has 0 aliphatic carbocycles. The summed E-state index contributed by atoms with van der Waals surface area (Å²) in [7, 11) is 2.00. The monoisotopic (exact) mass is 207 g/mol. The van der Waals surface area contributed by atoms with Crippen molar-refractivity contribution in [2.75, 3.05) is 6.54 Å². The van der Waals surface area contributed by atoms with Gasteiger partial charge in [-0.25, -0.2) is 0 Å². The molecule has 0 aliphatic rings. The van der Waals surface area contributed by atoms with Crippen molar-refractivity contribution in [2.45, 2.75) is 33.2 Å². The number of allylic oxidation sites excluding steroid dienone is 1. The van der Waals surface area contributed by atoms with Crippen LogP contribution in [0.3, 0.4) is 0 Å². The van der Waals surface area contributed by atoms with E-state index in [1.165, 1.54) is 11.4 Å². The van der Waals surface area contributed by atoms with Gasteiger partial charge in [0, 0.05) is 13.6 Å². The molecule has 3 nitrogen and oxygen atoms in total. The Bertz CT molecular complexity index is 313. The number of aryl methyl sites for hydroxylation is 2. The molecule has 0 aromatic carbocycles. The lowest BCUT2D eigenvalue weighted by atomic mass is 10.3. The van der Waals surface area contributed by atoms with Crippen molar-refractivity contribution in [3.8, 4) is 0 Å². The summed E-state index contributed by atoms with van der Waals surface area (Å²) in [5, 5.41) is 7.81. The van der Waals surface area contributed by atoms with Crippen LogP contribution in [-0.4, -0.2) is 16.3 Å². The molecule has 1 heterocycles. The van der Waals surface area contributed by atoms with Gasteiger partial charge in [0.25, 0.3) is 0 Å². The van der Waals surface area contributed by atoms with Crippen molar-refractivity contribution in [1.82, 2.24) is 15.1 Å². The van der Waals surface area contributed by atoms with E-state index in [9.17, 15) is 0 Å². The van der Waals surface area contributed by atoms with Crippen LogP contribution in [0.15, 0.2) is 18.2 Å². The first-order valence-electron chi connectivity index (χ1n) is 5.61. The van der Waals surface area contributed by atoms with Gasteiger partial charge in [0.2, 0.25) is 0 Å². The second-order valence-corrected chi connectivity index (χ2v) is 3.64. The van der Waals surface area contributed by atoms with Crippen LogP contribution in [0.25, 0.3) is 0 Å². The Hall–Kier alpha value is -1.09. The van der Waals surface area contributed by atoms with Crippen molar-refractivity contribution in [3.63, 3.8) is 0 Å². The van der Waals surface area contributed by atoms with Gasteiger partial charge in [0.1, 0.15) is 0 Å². The SMILES string of the molecule is C/C=C/CCNCc1cc(CC)nn1C. The molecule has 1 aromatic rings. The van der Waals surface area contributed by atoms with Crippen LogP contribution >= 0.6 is 0 Å². The van der Waals surface area contributed by atoms with Crippen molar-refractivity contribution in [3.05, 3.63) is 29.6 Å². The maximum absolute atomic E-state index is 4.41. The summed E-state index contributed by atoms with van der Waals surface area (Å²) in [4.78, 5) is 0. The highest BCUT2D eigenvalue weighted by Crippen LogP contribution is 2.03. The number of nitrogens with zero attached hydrogens (tertiary/aromatic N) is 2. The number of hydrogen-bond acceptors (Lipinski definition) is 2. The smallest absolute Gasteiger partial charge is 0.0625 e. The zero-order chi connectivity index (χ0) is 11.1. The summed E-state index contributed by atoms with van der Waals surface area (Å²) in [6, 6.07) is 2.17. The fourth-order valence-corrected chi connectivity index (χ4v) is 1.48. The van der Waals surface area contributed by atoms with Crippen molar-refractivity contribution >= 4 is 0 Å². The largest absolute Gasteiger partial charge is 0.311 e. The van der Waals surface area contributed by atoms with Crippen molar-refractivity contribution < 1.29 is 0 Å². The first-order valence-corrected chi connectivity index (χ1v) is 5.61. The fraction of sp³-hybridized carbons (Fsp3) is 0.583. The lowest BCUT2D eigenvalue weighted by Gasteiger charge is -2.02. The minimum absolute atomic E-state index is 0.904. The highest BCUT2D eigenvalue weighted by molar-refractivity contribution is 5.09. The summed E-state index contributed by atoms with van der Waals surface area (Å²) in [6.45, 7) is 6.11. The predicted octanol–water partition coefficient (Wildman–Crippen LogP) is 2.04. The Morgan fingerprint density at radius 3 is 2.93 bits per heavy atom. The number of nitrogens with one attached hydrogen (secondary N) is 1. The standard InChI is InChI=1S/C12H21N3/c1-4-6-7-8-13-10-12-9-11(5-2)14-15(12)3/h4,6,9,13H,5,7-8,10H2,1-3H3/b6-4+. The van der Waals surface area contributed by atoms with Crippen molar-refractivity contribution in [1.29, 1.82) is 0 Å². The Balaban J connectivity index is 2.33. The molecule has 0 saturated heterocycles. The minimum atomic E-state index is 0.904. The predicted molar refractivity (Wildman–Crippen MR) is 63.7 cm³/mol. The Morgan fingerprint density at radius 1 is 1.53 bits per heavy atom. The highest BCUT2D eigenvalue weighted by Gasteiger charge is 2.01. The molecular weight excluding hydrogens is 186 g/mol. The average Bonchev–Trinajstić information content (AvgIpc) is 2.59. The van der Waals surface area contributed by atoms with Gasteiger partial charge in [-0.3, -0.25) is 4.68 Å². The van der Waals surface area contributed by atoms with E-state index >= 15 is 0 Å². The van der Waals surface area contributed by atoms with E-state index in [1.807, 2.05) is 11.7 Å². The summed E-state index contributed by atoms with van der Waals surface area (Å²) in [5.74, 6) is 0. The van der Waals surface area contributed by atoms with Gasteiger partial charge in [-0.05, 0) is 32.4 Å². The lowest BCUT2D eigenvalue weighted by molar-refractivity contribution is 0.626. The van der Waals surface area contributed by atoms with Crippen LogP contribution in [0.1, 0.15) is 31.7 Å². The Morgan fingerprint density at radius 2 is 2.33 bits per heavy atom. The summed E-state index contributed by atoms with van der Waals surface area (Å²) in [6.07, 6.45) is 6.36. The first kappa shape index (κ1) is 12.0. The maximum atomic E-state index is 4.41. The van der Waals surface area contributed by atoms with E-state index in [4.69, 9.17) is 0 Å². The molecular formula is C12H21N3. The average molecular weight is 207 g/mol. The van der Waals surface area contributed by atoms with E-state index in [0.29, 0.717) is 0 Å². The lowest BCUT2D eigenvalue weighted by Crippen LogP contribution is -2.16. The van der Waals surface area contributed by atoms with Gasteiger partial charge in [-0.1, -0.05) is 19.1 Å². The normalized spacial score (nSPS) is 11.4. The fourth-order valence-electron chi connectivity index (χ4n) is 1.48. The molecule has 0 saturated carbocycles. The third-order valence-electron chi connectivity index (χ3n) is 2.42. The molecule has 0 unspecified atom stereocenters. The Labute approximate surface area is 92.2 Å². The summed E-state index contributed by atoms with van der Waals surface area (Å²) < 4.78 is 1.96. The molecule has 15 heavy (non-hydrogen) atoms. The molecule has 1 rings (SSSR count). The molecule has 0 radical (unpaired) electrons. The van der Waals surface area contributed by atoms with Crippen molar-refractivity contribution in [2.24, 2.45) is 7.05 Å². The zero-order valence-corrected chi connectivity index (χ0v) is 9.95. The molecule has 0 fully saturated rings. The van der Waals surface area contributed by atoms with Crippen LogP contribution in [0.2, 0.25) is 0 Å². The van der Waals surface area contributed by atoms with Crippen LogP contribution in [0.5, 0.6) is 0 Å². The number of hydrogen-bond donors (Lipinski definition) is 1. The van der Waals surface area contributed by atoms with E-state index in [0.717, 1.165) is 25.9 Å². The third-order valence-corrected chi connectivity index (χ3v) is 2.42. The summed E-state index contributed by atoms with van der Waals surface area (Å²) >= 11 is 0. The maximum Gasteiger partial charge on any atom is 0.0625 e. The van der Waals surface area contributed by atoms with E-state index in [2.05, 4.69) is 42.5 Å². The van der Waals surface area contributed by atoms with Crippen LogP contribution in [-0.2, 0) is 20.0 Å². The first-order chi connectivity index (χ1) is 7.27. The molecule has 0 aliphatic heterocycles. The second kappa shape index (κ2) is 6.40. The minimum Gasteiger partial charge on any atom is -0.311 e. The van der Waals surface area contributed by atoms with Gasteiger partial charge in [0.15, 0.2) is 0 Å². The zero-order valence-electron chi connectivity index (χ0n) is 9.95. The second-order valence-electron chi connectivity index (χ2n) is 3.64. The Kier molecular flexibility index (Phi) is 5.12. The molecule has 3 heteroatoms. The van der Waals surface area contributed by atoms with Gasteiger partial charge >= 0.3 is 0 Å². The highest BCUT2D eigenvalue weighted by atomic mass is 15.3. The van der Waals surface area contributed by atoms with E-state index < -0.39 is 0 Å². The molecule has 0 atom stereocenters. The third kappa shape index (κ3) is 3.88. The number of rotatable bonds is 6. The molecule has 84 valence electrons. The number of aromatic nitrogens is 2. The van der Waals surface area contributed by atoms with Crippen LogP contribution in [0.4, 0.5) is 0 Å². The van der Waals surface area contributed by atoms with Gasteiger partial charge in [0.05, 0.1) is 11.4 Å². The topological polar surface area (TPSA) is 29.9 Å². The molecule has 1 aromatic heterocycles. The van der Waals surface area contributed by atoms with E-state index in [-0.39, 0.29) is 0 Å². The molecule has 0 amide bonds. The van der Waals surface area contributed by atoms with Crippen LogP contribution < -0.4 is 5.32 Å². The summed E-state index contributed by atoms with van der Waals surface area (Å²) in [5.41, 5.74) is 2.43. The van der Waals surface area contributed by atoms with Gasteiger partial charge in [-0.2, -0.15) is 5.10 Å². The van der Waals surface area contributed by atoms with Crippen LogP contribution in [0, 0.1) is 0 Å². The molecule has 0 bridgehead atoms. The van der Waals surface area contributed by atoms with E-state index in [1.54, 1.807) is 0 Å². The molecule has 0 spiro atoms. The van der Waals surface area contributed by atoms with Gasteiger partial charge in [-0.15, -0.1) is 0 Å². The van der Waals surface area contributed by atoms with Gasteiger partial charge < -0.3 is 5.32 Å².